The number of fused-ring (bicyclic) bond motifs is 2. The Balaban J connectivity index is 0.000000155. The molecule has 6 rings (SSSR count). The van der Waals surface area contributed by atoms with Crippen molar-refractivity contribution in [3.05, 3.63) is 118 Å². The van der Waals surface area contributed by atoms with Crippen molar-refractivity contribution in [1.29, 1.82) is 0 Å². The van der Waals surface area contributed by atoms with E-state index >= 15 is 0 Å². The van der Waals surface area contributed by atoms with Gasteiger partial charge in [-0.25, -0.2) is 0 Å². The lowest BCUT2D eigenvalue weighted by Crippen LogP contribution is -2.00. The first kappa shape index (κ1) is 24.2. The van der Waals surface area contributed by atoms with Crippen LogP contribution in [0.4, 0.5) is 0 Å². The summed E-state index contributed by atoms with van der Waals surface area (Å²) < 4.78 is 11.2. The summed E-state index contributed by atoms with van der Waals surface area (Å²) in [4.78, 5) is 24.0. The quantitative estimate of drug-likeness (QED) is 0.232. The van der Waals surface area contributed by atoms with Gasteiger partial charge in [0.25, 0.3) is 0 Å². The monoisotopic (exact) mass is 508 g/mol. The molecule has 0 bridgehead atoms. The molecule has 0 spiro atoms. The molecule has 0 aliphatic carbocycles. The Morgan fingerprint density at radius 1 is 0.474 bits per heavy atom. The van der Waals surface area contributed by atoms with Gasteiger partial charge in [0, 0.05) is 35.4 Å². The van der Waals surface area contributed by atoms with Gasteiger partial charge in [-0.15, -0.1) is 0 Å². The van der Waals surface area contributed by atoms with Gasteiger partial charge >= 0.3 is 0 Å². The van der Waals surface area contributed by atoms with Crippen molar-refractivity contribution in [2.75, 3.05) is 0 Å². The maximum absolute atomic E-state index is 12.0. The second kappa shape index (κ2) is 9.87. The third kappa shape index (κ3) is 4.78. The van der Waals surface area contributed by atoms with Crippen LogP contribution in [-0.2, 0) is 0 Å². The topological polar surface area (TPSA) is 141 Å². The molecular weight excluding hydrogens is 488 g/mol. The van der Waals surface area contributed by atoms with Gasteiger partial charge < -0.3 is 29.3 Å². The van der Waals surface area contributed by atoms with Gasteiger partial charge in [-0.05, 0) is 36.4 Å². The van der Waals surface area contributed by atoms with E-state index in [1.165, 1.54) is 36.4 Å². The molecule has 0 atom stereocenters. The smallest absolute Gasteiger partial charge is 0.197 e. The highest BCUT2D eigenvalue weighted by molar-refractivity contribution is 5.86. The van der Waals surface area contributed by atoms with E-state index in [9.17, 15) is 30.0 Å². The van der Waals surface area contributed by atoms with E-state index in [0.29, 0.717) is 22.7 Å². The van der Waals surface area contributed by atoms with Crippen LogP contribution < -0.4 is 10.9 Å². The fourth-order valence-electron chi connectivity index (χ4n) is 3.96. The fourth-order valence-corrected chi connectivity index (χ4v) is 3.96. The second-order valence-electron chi connectivity index (χ2n) is 8.35. The number of phenolic OH excluding ortho intramolecular Hbond substituents is 4. The molecule has 8 nitrogen and oxygen atoms in total. The summed E-state index contributed by atoms with van der Waals surface area (Å²) in [6.45, 7) is 0. The lowest BCUT2D eigenvalue weighted by atomic mass is 10.1. The van der Waals surface area contributed by atoms with E-state index in [-0.39, 0.29) is 50.2 Å². The van der Waals surface area contributed by atoms with Gasteiger partial charge in [-0.1, -0.05) is 36.4 Å². The van der Waals surface area contributed by atoms with Crippen molar-refractivity contribution in [2.24, 2.45) is 0 Å². The normalized spacial score (nSPS) is 10.7. The SMILES string of the molecule is O=c1cc(-c2ccc(O)cc2)oc2cccc(O)c12.O=c1cc(-c2ccccc2)oc2cc(O)cc(O)c12. The third-order valence-electron chi connectivity index (χ3n) is 5.74. The molecule has 0 aliphatic rings. The van der Waals surface area contributed by atoms with E-state index in [1.807, 2.05) is 30.3 Å². The molecule has 0 amide bonds. The zero-order chi connectivity index (χ0) is 26.8. The summed E-state index contributed by atoms with van der Waals surface area (Å²) in [6, 6.07) is 25.3. The van der Waals surface area contributed by atoms with Crippen molar-refractivity contribution in [3.8, 4) is 45.6 Å². The highest BCUT2D eigenvalue weighted by Crippen LogP contribution is 2.30. The molecule has 6 aromatic rings. The standard InChI is InChI=1S/2C15H10O4/c16-10-6-4-9(5-7-10)14-8-12(18)15-11(17)2-1-3-13(15)19-14;16-10-6-11(17)15-12(18)8-13(19-14(15)7-10)9-4-2-1-3-5-9/h2*1-8,16-17H. The molecule has 0 saturated carbocycles. The molecule has 2 heterocycles. The predicted octanol–water partition coefficient (Wildman–Crippen LogP) is 5.74. The van der Waals surface area contributed by atoms with E-state index < -0.39 is 0 Å². The van der Waals surface area contributed by atoms with Crippen molar-refractivity contribution in [2.45, 2.75) is 0 Å². The number of phenols is 4. The number of hydrogen-bond acceptors (Lipinski definition) is 8. The Kier molecular flexibility index (Phi) is 6.28. The second-order valence-corrected chi connectivity index (χ2v) is 8.35. The summed E-state index contributed by atoms with van der Waals surface area (Å²) in [5.41, 5.74) is 1.27. The van der Waals surface area contributed by atoms with Crippen molar-refractivity contribution >= 4 is 21.9 Å². The van der Waals surface area contributed by atoms with Crippen LogP contribution in [0.5, 0.6) is 23.0 Å². The lowest BCUT2D eigenvalue weighted by Gasteiger charge is -2.04. The maximum Gasteiger partial charge on any atom is 0.197 e. The highest BCUT2D eigenvalue weighted by atomic mass is 16.3. The number of hydrogen-bond donors (Lipinski definition) is 4. The van der Waals surface area contributed by atoms with E-state index in [0.717, 1.165) is 11.6 Å². The summed E-state index contributed by atoms with van der Waals surface area (Å²) in [7, 11) is 0. The molecule has 188 valence electrons. The van der Waals surface area contributed by atoms with E-state index in [1.54, 1.807) is 24.3 Å². The van der Waals surface area contributed by atoms with Crippen LogP contribution in [0.25, 0.3) is 44.6 Å². The summed E-state index contributed by atoms with van der Waals surface area (Å²) >= 11 is 0. The molecule has 4 aromatic carbocycles. The van der Waals surface area contributed by atoms with Gasteiger partial charge in [0.1, 0.15) is 56.5 Å². The van der Waals surface area contributed by atoms with Crippen molar-refractivity contribution in [3.63, 3.8) is 0 Å². The van der Waals surface area contributed by atoms with Gasteiger partial charge in [-0.2, -0.15) is 0 Å². The van der Waals surface area contributed by atoms with Crippen LogP contribution in [0.3, 0.4) is 0 Å². The largest absolute Gasteiger partial charge is 0.508 e. The van der Waals surface area contributed by atoms with Gasteiger partial charge in [0.05, 0.1) is 0 Å². The van der Waals surface area contributed by atoms with Crippen molar-refractivity contribution < 1.29 is 29.3 Å². The van der Waals surface area contributed by atoms with Crippen LogP contribution in [0.15, 0.2) is 115 Å². The third-order valence-corrected chi connectivity index (χ3v) is 5.74. The predicted molar refractivity (Wildman–Crippen MR) is 142 cm³/mol. The maximum atomic E-state index is 12.0. The van der Waals surface area contributed by atoms with Crippen LogP contribution in [0.2, 0.25) is 0 Å². The van der Waals surface area contributed by atoms with E-state index in [2.05, 4.69) is 0 Å². The van der Waals surface area contributed by atoms with Gasteiger partial charge in [0.15, 0.2) is 10.9 Å². The molecule has 0 aliphatic heterocycles. The minimum atomic E-state index is -0.349. The van der Waals surface area contributed by atoms with Crippen LogP contribution in [0, 0.1) is 0 Å². The first-order valence-electron chi connectivity index (χ1n) is 11.4. The highest BCUT2D eigenvalue weighted by Gasteiger charge is 2.12. The Bertz CT molecular complexity index is 1890. The Morgan fingerprint density at radius 2 is 1.05 bits per heavy atom. The number of rotatable bonds is 2. The minimum absolute atomic E-state index is 0.0671. The zero-order valence-corrected chi connectivity index (χ0v) is 19.7. The average Bonchev–Trinajstić information content (AvgIpc) is 2.89. The molecule has 4 N–H and O–H groups in total. The molecule has 0 saturated heterocycles. The molecule has 8 heteroatoms. The summed E-state index contributed by atoms with van der Waals surface area (Å²) in [5, 5.41) is 38.3. The number of benzene rings is 4. The summed E-state index contributed by atoms with van der Waals surface area (Å²) in [5.74, 6) is 0.390. The first-order valence-corrected chi connectivity index (χ1v) is 11.4. The molecule has 0 unspecified atom stereocenters. The molecule has 0 radical (unpaired) electrons. The average molecular weight is 508 g/mol. The molecule has 0 fully saturated rings. The van der Waals surface area contributed by atoms with Crippen LogP contribution in [0.1, 0.15) is 0 Å². The molecule has 2 aromatic heterocycles. The summed E-state index contributed by atoms with van der Waals surface area (Å²) in [6.07, 6.45) is 0. The Morgan fingerprint density at radius 3 is 1.71 bits per heavy atom. The Labute approximate surface area is 214 Å². The van der Waals surface area contributed by atoms with Gasteiger partial charge in [0.2, 0.25) is 0 Å². The minimum Gasteiger partial charge on any atom is -0.508 e. The van der Waals surface area contributed by atoms with Crippen LogP contribution in [-0.4, -0.2) is 20.4 Å². The molecule has 38 heavy (non-hydrogen) atoms. The van der Waals surface area contributed by atoms with E-state index in [4.69, 9.17) is 8.83 Å². The van der Waals surface area contributed by atoms with Gasteiger partial charge in [-0.3, -0.25) is 9.59 Å². The lowest BCUT2D eigenvalue weighted by molar-refractivity contribution is 0.452. The number of aromatic hydroxyl groups is 4. The zero-order valence-electron chi connectivity index (χ0n) is 19.7. The van der Waals surface area contributed by atoms with Crippen molar-refractivity contribution in [1.82, 2.24) is 0 Å². The fraction of sp³-hybridized carbons (Fsp3) is 0. The molecular formula is C30H20O8. The first-order chi connectivity index (χ1) is 18.3. The van der Waals surface area contributed by atoms with Crippen LogP contribution >= 0.6 is 0 Å². The Hall–Kier alpha value is -5.50.